The maximum absolute atomic E-state index is 11.1. The largest absolute Gasteiger partial charge is 0.356 e. The average molecular weight is 247 g/mol. The van der Waals surface area contributed by atoms with Gasteiger partial charge in [0.25, 0.3) is 0 Å². The van der Waals surface area contributed by atoms with Crippen LogP contribution in [-0.2, 0) is 4.79 Å². The van der Waals surface area contributed by atoms with Crippen molar-refractivity contribution >= 4 is 5.91 Å². The predicted octanol–water partition coefficient (Wildman–Crippen LogP) is 0.536. The molecule has 1 amide bonds. The molecular weight excluding hydrogens is 226 g/mol. The Morgan fingerprint density at radius 3 is 2.06 bits per heavy atom. The molecule has 1 N–H and O–H groups in total. The highest BCUT2D eigenvalue weighted by Crippen LogP contribution is 1.92. The van der Waals surface area contributed by atoms with Crippen LogP contribution in [0.4, 0.5) is 0 Å². The zero-order valence-electron chi connectivity index (χ0n) is 10.9. The van der Waals surface area contributed by atoms with E-state index in [-0.39, 0.29) is 5.91 Å². The smallest absolute Gasteiger partial charge is 0.246 e. The van der Waals surface area contributed by atoms with Gasteiger partial charge in [-0.1, -0.05) is 6.58 Å². The number of hydrogen-bond acceptors (Lipinski definition) is 4. The van der Waals surface area contributed by atoms with E-state index in [9.17, 15) is 4.79 Å². The van der Waals surface area contributed by atoms with Crippen LogP contribution >= 0.6 is 0 Å². The lowest BCUT2D eigenvalue weighted by atomic mass is 10.3. The minimum atomic E-state index is -1.75. The molecule has 0 rings (SSSR count). The van der Waals surface area contributed by atoms with E-state index in [4.69, 9.17) is 15.3 Å². The molecule has 0 saturated heterocycles. The van der Waals surface area contributed by atoms with Gasteiger partial charge in [0.2, 0.25) is 5.91 Å². The Bertz CT molecular complexity index is 267. The maximum atomic E-state index is 11.1. The Hall–Kier alpha value is -1.63. The molecule has 0 saturated carbocycles. The summed E-state index contributed by atoms with van der Waals surface area (Å²) in [6.07, 6.45) is 1.00. The molecule has 0 aromatic carbocycles. The Morgan fingerprint density at radius 2 is 1.76 bits per heavy atom. The van der Waals surface area contributed by atoms with E-state index in [1.54, 1.807) is 6.92 Å². The van der Waals surface area contributed by atoms with Crippen molar-refractivity contribution in [2.75, 3.05) is 34.2 Å². The van der Waals surface area contributed by atoms with Gasteiger partial charge in [0.1, 0.15) is 0 Å². The number of amides is 1. The fraction of sp³-hybridized carbons (Fsp3) is 0.700. The van der Waals surface area contributed by atoms with Crippen LogP contribution in [0.2, 0.25) is 0 Å². The second-order valence-corrected chi connectivity index (χ2v) is 4.63. The molecule has 0 fully saturated rings. The van der Waals surface area contributed by atoms with Crippen LogP contribution in [0, 0.1) is 15.3 Å². The number of carbonyl (C=O) groups is 1. The zero-order valence-corrected chi connectivity index (χ0v) is 10.9. The highest BCUT2D eigenvalue weighted by molar-refractivity contribution is 5.91. The molecule has 0 unspecified atom stereocenters. The van der Waals surface area contributed by atoms with Crippen molar-refractivity contribution in [2.24, 2.45) is 0 Å². The molecule has 0 aliphatic heterocycles. The number of rotatable bonds is 5. The third-order valence-electron chi connectivity index (χ3n) is 1.68. The third kappa shape index (κ3) is 20.4. The monoisotopic (exact) mass is 247 g/mol. The van der Waals surface area contributed by atoms with Gasteiger partial charge in [0.15, 0.2) is 0 Å². The summed E-state index contributed by atoms with van der Waals surface area (Å²) >= 11 is 0. The van der Waals surface area contributed by atoms with Crippen LogP contribution in [0.3, 0.4) is 0 Å². The molecule has 0 aliphatic carbocycles. The van der Waals surface area contributed by atoms with E-state index >= 15 is 0 Å². The van der Waals surface area contributed by atoms with Crippen LogP contribution in [0.15, 0.2) is 12.2 Å². The molecule has 0 atom stereocenters. The van der Waals surface area contributed by atoms with Crippen molar-refractivity contribution in [2.45, 2.75) is 13.3 Å². The van der Waals surface area contributed by atoms with Crippen LogP contribution < -0.4 is 5.32 Å². The summed E-state index contributed by atoms with van der Waals surface area (Å²) in [5, 5.41) is 17.6. The van der Waals surface area contributed by atoms with E-state index in [2.05, 4.69) is 33.0 Å². The number of nitrogens with zero attached hydrogens (tertiary/aromatic N) is 2. The molecule has 0 aliphatic rings. The molecule has 0 spiro atoms. The molecule has 17 heavy (non-hydrogen) atoms. The average Bonchev–Trinajstić information content (AvgIpc) is 2.09. The molecule has 7 nitrogen and oxygen atoms in total. The Kier molecular flexibility index (Phi) is 8.89. The second kappa shape index (κ2) is 8.51. The minimum absolute atomic E-state index is 0.0404. The van der Waals surface area contributed by atoms with Crippen molar-refractivity contribution in [1.82, 2.24) is 5.32 Å². The first-order chi connectivity index (χ1) is 7.56. The van der Waals surface area contributed by atoms with Gasteiger partial charge in [-0.2, -0.15) is 0 Å². The predicted molar refractivity (Wildman–Crippen MR) is 65.7 cm³/mol. The van der Waals surface area contributed by atoms with Crippen LogP contribution in [0.25, 0.3) is 0 Å². The fourth-order valence-corrected chi connectivity index (χ4v) is 0.906. The maximum Gasteiger partial charge on any atom is 0.246 e. The molecule has 0 aromatic heterocycles. The summed E-state index contributed by atoms with van der Waals surface area (Å²) in [6.45, 7) is 7.09. The highest BCUT2D eigenvalue weighted by atomic mass is 16.9. The third-order valence-corrected chi connectivity index (χ3v) is 1.68. The number of carbonyl (C=O) groups excluding carboxylic acids is 1. The van der Waals surface area contributed by atoms with Crippen molar-refractivity contribution in [3.8, 4) is 0 Å². The first-order valence-electron chi connectivity index (χ1n) is 5.12. The summed E-state index contributed by atoms with van der Waals surface area (Å²) in [4.78, 5) is 19.3. The van der Waals surface area contributed by atoms with Gasteiger partial charge in [-0.3, -0.25) is 4.79 Å². The molecule has 0 radical (unpaired) electrons. The summed E-state index contributed by atoms with van der Waals surface area (Å²) < 4.78 is 0.933. The van der Waals surface area contributed by atoms with Gasteiger partial charge in [0.05, 0.1) is 32.8 Å². The highest BCUT2D eigenvalue weighted by Gasteiger charge is 2.06. The molecular formula is C10H21N3O4. The van der Waals surface area contributed by atoms with E-state index in [1.165, 1.54) is 0 Å². The van der Waals surface area contributed by atoms with Crippen molar-refractivity contribution in [1.29, 1.82) is 0 Å². The fourth-order valence-electron chi connectivity index (χ4n) is 0.906. The van der Waals surface area contributed by atoms with Crippen molar-refractivity contribution < 1.29 is 14.4 Å². The number of quaternary nitrogens is 1. The molecule has 0 aromatic rings. The number of nitrogens with one attached hydrogen (secondary N) is 1. The topological polar surface area (TPSA) is 95.3 Å². The minimum Gasteiger partial charge on any atom is -0.356 e. The van der Waals surface area contributed by atoms with Gasteiger partial charge >= 0.3 is 0 Å². The lowest BCUT2D eigenvalue weighted by Crippen LogP contribution is -2.37. The normalized spacial score (nSPS) is 9.88. The van der Waals surface area contributed by atoms with E-state index < -0.39 is 5.09 Å². The lowest BCUT2D eigenvalue weighted by molar-refractivity contribution is -0.870. The molecule has 0 heterocycles. The van der Waals surface area contributed by atoms with E-state index in [0.717, 1.165) is 24.0 Å². The zero-order chi connectivity index (χ0) is 14.1. The van der Waals surface area contributed by atoms with Crippen molar-refractivity contribution in [3.05, 3.63) is 27.5 Å². The van der Waals surface area contributed by atoms with E-state index in [0.29, 0.717) is 5.57 Å². The van der Waals surface area contributed by atoms with Crippen molar-refractivity contribution in [3.63, 3.8) is 0 Å². The van der Waals surface area contributed by atoms with Gasteiger partial charge in [-0.05, 0) is 6.92 Å². The Morgan fingerprint density at radius 1 is 1.35 bits per heavy atom. The number of hydrogen-bond donors (Lipinski definition) is 1. The molecule has 7 heteroatoms. The molecule has 100 valence electrons. The summed E-state index contributed by atoms with van der Waals surface area (Å²) in [5.41, 5.74) is 0.574. The van der Waals surface area contributed by atoms with Crippen LogP contribution in [0.5, 0.6) is 0 Å². The summed E-state index contributed by atoms with van der Waals surface area (Å²) in [5.74, 6) is -0.0404. The summed E-state index contributed by atoms with van der Waals surface area (Å²) in [6, 6.07) is 0. The molecule has 0 bridgehead atoms. The Labute approximate surface area is 101 Å². The van der Waals surface area contributed by atoms with Crippen LogP contribution in [-0.4, -0.2) is 49.7 Å². The van der Waals surface area contributed by atoms with Gasteiger partial charge in [-0.15, -0.1) is 0 Å². The van der Waals surface area contributed by atoms with E-state index in [1.807, 2.05) is 0 Å². The summed E-state index contributed by atoms with van der Waals surface area (Å²) in [7, 11) is 6.42. The quantitative estimate of drug-likeness (QED) is 0.252. The SMILES string of the molecule is C=C(C)C(=O)NCCC[N+](C)(C)C.O=[N+]([O-])[O-]. The lowest BCUT2D eigenvalue weighted by Gasteiger charge is -2.23. The van der Waals surface area contributed by atoms with Gasteiger partial charge in [-0.25, -0.2) is 0 Å². The standard InChI is InChI=1S/C10H20N2O.NO3/c1-9(2)10(13)11-7-6-8-12(3,4)5;2-1(3)4/h1,6-8H2,2-5H3;/q;-1/p+1. The second-order valence-electron chi connectivity index (χ2n) is 4.63. The van der Waals surface area contributed by atoms with Gasteiger partial charge < -0.3 is 25.1 Å². The first kappa shape index (κ1) is 17.8. The Balaban J connectivity index is 0. The first-order valence-corrected chi connectivity index (χ1v) is 5.12. The van der Waals surface area contributed by atoms with Gasteiger partial charge in [0, 0.05) is 18.5 Å². The van der Waals surface area contributed by atoms with Crippen LogP contribution in [0.1, 0.15) is 13.3 Å².